The smallest absolute Gasteiger partial charge is 0.340 e. The van der Waals surface area contributed by atoms with Crippen LogP contribution >= 0.6 is 0 Å². The Morgan fingerprint density at radius 2 is 2.05 bits per heavy atom. The zero-order valence-corrected chi connectivity index (χ0v) is 12.6. The van der Waals surface area contributed by atoms with E-state index in [0.717, 1.165) is 6.42 Å². The highest BCUT2D eigenvalue weighted by atomic mass is 19.1. The minimum absolute atomic E-state index is 0.115. The van der Waals surface area contributed by atoms with Gasteiger partial charge in [0.1, 0.15) is 11.4 Å². The highest BCUT2D eigenvalue weighted by molar-refractivity contribution is 6.00. The van der Waals surface area contributed by atoms with Crippen LogP contribution in [0.2, 0.25) is 0 Å². The molecule has 0 amide bonds. The monoisotopic (exact) mass is 292 g/mol. The summed E-state index contributed by atoms with van der Waals surface area (Å²) in [5, 5.41) is 9.29. The largest absolute Gasteiger partial charge is 0.478 e. The Bertz CT molecular complexity index is 603. The molecule has 0 fully saturated rings. The molecule has 0 aliphatic carbocycles. The molecule has 1 aromatic carbocycles. The third kappa shape index (κ3) is 3.01. The number of rotatable bonds is 2. The molecule has 1 aromatic rings. The molecule has 0 atom stereocenters. The van der Waals surface area contributed by atoms with Crippen LogP contribution in [0.3, 0.4) is 0 Å². The Hall–Kier alpha value is -2.04. The second-order valence-corrected chi connectivity index (χ2v) is 6.34. The topological polar surface area (TPSA) is 66.6 Å². The minimum atomic E-state index is -1.20. The van der Waals surface area contributed by atoms with E-state index >= 15 is 0 Å². The molecule has 0 bridgehead atoms. The van der Waals surface area contributed by atoms with Crippen LogP contribution in [-0.4, -0.2) is 24.2 Å². The van der Waals surface area contributed by atoms with Crippen LogP contribution in [0.15, 0.2) is 23.8 Å². The SMILES string of the molecule is CC(C)(C)C1=CCN(c2ccc(F)c(N)c2C(=O)O)CC1. The van der Waals surface area contributed by atoms with E-state index in [1.807, 2.05) is 4.90 Å². The van der Waals surface area contributed by atoms with Gasteiger partial charge in [-0.05, 0) is 24.0 Å². The first-order valence-electron chi connectivity index (χ1n) is 6.97. The van der Waals surface area contributed by atoms with Gasteiger partial charge >= 0.3 is 5.97 Å². The molecule has 0 radical (unpaired) electrons. The van der Waals surface area contributed by atoms with E-state index in [2.05, 4.69) is 26.8 Å². The number of nitrogens with zero attached hydrogens (tertiary/aromatic N) is 1. The van der Waals surface area contributed by atoms with Gasteiger partial charge in [0.2, 0.25) is 0 Å². The van der Waals surface area contributed by atoms with Crippen molar-refractivity contribution in [2.45, 2.75) is 27.2 Å². The van der Waals surface area contributed by atoms with Crippen LogP contribution in [0.5, 0.6) is 0 Å². The third-order valence-corrected chi connectivity index (χ3v) is 3.90. The first-order valence-corrected chi connectivity index (χ1v) is 6.97. The Morgan fingerprint density at radius 1 is 1.38 bits per heavy atom. The second-order valence-electron chi connectivity index (χ2n) is 6.34. The van der Waals surface area contributed by atoms with Crippen molar-refractivity contribution in [3.05, 3.63) is 35.2 Å². The maximum Gasteiger partial charge on any atom is 0.340 e. The predicted octanol–water partition coefficient (Wildman–Crippen LogP) is 3.29. The number of halogens is 1. The zero-order valence-electron chi connectivity index (χ0n) is 12.6. The van der Waals surface area contributed by atoms with E-state index in [9.17, 15) is 14.3 Å². The minimum Gasteiger partial charge on any atom is -0.478 e. The molecule has 21 heavy (non-hydrogen) atoms. The lowest BCUT2D eigenvalue weighted by Crippen LogP contribution is -2.32. The normalized spacial score (nSPS) is 15.8. The summed E-state index contributed by atoms with van der Waals surface area (Å²) in [6.45, 7) is 7.79. The van der Waals surface area contributed by atoms with E-state index < -0.39 is 11.8 Å². The number of aromatic carboxylic acids is 1. The molecule has 0 unspecified atom stereocenters. The Labute approximate surface area is 124 Å². The van der Waals surface area contributed by atoms with Gasteiger partial charge in [-0.15, -0.1) is 0 Å². The average molecular weight is 292 g/mol. The third-order valence-electron chi connectivity index (χ3n) is 3.90. The molecule has 3 N–H and O–H groups in total. The van der Waals surface area contributed by atoms with Crippen LogP contribution in [0.1, 0.15) is 37.6 Å². The number of carboxylic acids is 1. The number of nitrogens with two attached hydrogens (primary N) is 1. The van der Waals surface area contributed by atoms with E-state index in [0.29, 0.717) is 18.8 Å². The molecule has 1 heterocycles. The zero-order chi connectivity index (χ0) is 15.8. The van der Waals surface area contributed by atoms with Crippen molar-refractivity contribution in [2.24, 2.45) is 5.41 Å². The molecule has 114 valence electrons. The number of hydrogen-bond acceptors (Lipinski definition) is 3. The lowest BCUT2D eigenvalue weighted by molar-refractivity contribution is 0.0698. The molecule has 5 heteroatoms. The van der Waals surface area contributed by atoms with E-state index in [1.165, 1.54) is 17.7 Å². The summed E-state index contributed by atoms with van der Waals surface area (Å²) in [5.74, 6) is -1.90. The van der Waals surface area contributed by atoms with Crippen molar-refractivity contribution in [3.8, 4) is 0 Å². The van der Waals surface area contributed by atoms with Gasteiger partial charge in [-0.25, -0.2) is 9.18 Å². The summed E-state index contributed by atoms with van der Waals surface area (Å²) >= 11 is 0. The number of anilines is 2. The molecule has 0 aromatic heterocycles. The van der Waals surface area contributed by atoms with Crippen LogP contribution in [-0.2, 0) is 0 Å². The molecule has 1 aliphatic heterocycles. The number of carboxylic acid groups (broad SMARTS) is 1. The molecule has 2 rings (SSSR count). The number of carbonyl (C=O) groups is 1. The lowest BCUT2D eigenvalue weighted by Gasteiger charge is -2.34. The highest BCUT2D eigenvalue weighted by Gasteiger charge is 2.25. The number of benzene rings is 1. The Kier molecular flexibility index (Phi) is 3.94. The van der Waals surface area contributed by atoms with Crippen molar-refractivity contribution in [1.29, 1.82) is 0 Å². The summed E-state index contributed by atoms with van der Waals surface area (Å²) in [6, 6.07) is 2.71. The fraction of sp³-hybridized carbons (Fsp3) is 0.438. The van der Waals surface area contributed by atoms with Gasteiger partial charge in [0.05, 0.1) is 11.4 Å². The molecule has 1 aliphatic rings. The molecule has 0 saturated carbocycles. The van der Waals surface area contributed by atoms with Crippen molar-refractivity contribution in [3.63, 3.8) is 0 Å². The van der Waals surface area contributed by atoms with Gasteiger partial charge in [-0.1, -0.05) is 32.4 Å². The summed E-state index contributed by atoms with van der Waals surface area (Å²) < 4.78 is 13.5. The summed E-state index contributed by atoms with van der Waals surface area (Å²) in [6.07, 6.45) is 2.98. The van der Waals surface area contributed by atoms with Gasteiger partial charge < -0.3 is 15.7 Å². The van der Waals surface area contributed by atoms with E-state index in [-0.39, 0.29) is 16.7 Å². The van der Waals surface area contributed by atoms with Crippen LogP contribution in [0, 0.1) is 11.2 Å². The lowest BCUT2D eigenvalue weighted by atomic mass is 9.83. The second kappa shape index (κ2) is 5.39. The molecule has 4 nitrogen and oxygen atoms in total. The van der Waals surface area contributed by atoms with E-state index in [1.54, 1.807) is 0 Å². The maximum atomic E-state index is 13.5. The highest BCUT2D eigenvalue weighted by Crippen LogP contribution is 2.34. The predicted molar refractivity (Wildman–Crippen MR) is 82.1 cm³/mol. The van der Waals surface area contributed by atoms with Gasteiger partial charge in [-0.3, -0.25) is 0 Å². The van der Waals surface area contributed by atoms with Crippen molar-refractivity contribution in [2.75, 3.05) is 23.7 Å². The van der Waals surface area contributed by atoms with Gasteiger partial charge in [-0.2, -0.15) is 0 Å². The molecular formula is C16H21FN2O2. The van der Waals surface area contributed by atoms with Crippen molar-refractivity contribution in [1.82, 2.24) is 0 Å². The van der Waals surface area contributed by atoms with Crippen LogP contribution < -0.4 is 10.6 Å². The molecule has 0 saturated heterocycles. The summed E-state index contributed by atoms with van der Waals surface area (Å²) in [7, 11) is 0. The Balaban J connectivity index is 2.35. The first-order chi connectivity index (χ1) is 9.71. The fourth-order valence-corrected chi connectivity index (χ4v) is 2.64. The average Bonchev–Trinajstić information content (AvgIpc) is 2.40. The van der Waals surface area contributed by atoms with Crippen LogP contribution in [0.25, 0.3) is 0 Å². The van der Waals surface area contributed by atoms with Gasteiger partial charge in [0.15, 0.2) is 0 Å². The number of hydrogen-bond donors (Lipinski definition) is 2. The van der Waals surface area contributed by atoms with Gasteiger partial charge in [0, 0.05) is 13.1 Å². The van der Waals surface area contributed by atoms with Gasteiger partial charge in [0.25, 0.3) is 0 Å². The van der Waals surface area contributed by atoms with Crippen LogP contribution in [0.4, 0.5) is 15.8 Å². The maximum absolute atomic E-state index is 13.5. The van der Waals surface area contributed by atoms with Crippen molar-refractivity contribution >= 4 is 17.3 Å². The van der Waals surface area contributed by atoms with E-state index in [4.69, 9.17) is 5.73 Å². The number of nitrogen functional groups attached to an aromatic ring is 1. The Morgan fingerprint density at radius 3 is 2.52 bits per heavy atom. The van der Waals surface area contributed by atoms with Crippen molar-refractivity contribution < 1.29 is 14.3 Å². The molecule has 0 spiro atoms. The first kappa shape index (κ1) is 15.4. The quantitative estimate of drug-likeness (QED) is 0.648. The molecular weight excluding hydrogens is 271 g/mol. The standard InChI is InChI=1S/C16H21FN2O2/c1-16(2,3)10-6-8-19(9-7-10)12-5-4-11(17)14(18)13(12)15(20)21/h4-6H,7-9,18H2,1-3H3,(H,20,21). The summed E-state index contributed by atoms with van der Waals surface area (Å²) in [4.78, 5) is 13.3. The fourth-order valence-electron chi connectivity index (χ4n) is 2.64. The summed E-state index contributed by atoms with van der Waals surface area (Å²) in [5.41, 5.74) is 7.08.